The summed E-state index contributed by atoms with van der Waals surface area (Å²) in [6.07, 6.45) is 7.58. The second kappa shape index (κ2) is 5.54. The van der Waals surface area contributed by atoms with Gasteiger partial charge in [-0.1, -0.05) is 0 Å². The van der Waals surface area contributed by atoms with Crippen LogP contribution in [0, 0.1) is 5.82 Å². The number of nitrogens with one attached hydrogen (secondary N) is 1. The first kappa shape index (κ1) is 14.0. The van der Waals surface area contributed by atoms with Crippen LogP contribution >= 0.6 is 0 Å². The molecule has 8 nitrogen and oxygen atoms in total. The lowest BCUT2D eigenvalue weighted by molar-refractivity contribution is 0.102. The number of imidazole rings is 1. The van der Waals surface area contributed by atoms with Crippen LogP contribution in [0.3, 0.4) is 0 Å². The van der Waals surface area contributed by atoms with E-state index in [2.05, 4.69) is 25.4 Å². The summed E-state index contributed by atoms with van der Waals surface area (Å²) in [4.78, 5) is 24.2. The number of amides is 1. The first-order chi connectivity index (χ1) is 11.7. The van der Waals surface area contributed by atoms with Crippen LogP contribution in [0.2, 0.25) is 0 Å². The number of aromatic nitrogens is 6. The highest BCUT2D eigenvalue weighted by molar-refractivity contribution is 6.03. The van der Waals surface area contributed by atoms with Crippen LogP contribution < -0.4 is 5.32 Å². The zero-order valence-electron chi connectivity index (χ0n) is 12.2. The molecule has 0 aliphatic rings. The van der Waals surface area contributed by atoms with E-state index in [1.165, 1.54) is 29.5 Å². The van der Waals surface area contributed by atoms with Gasteiger partial charge in [0, 0.05) is 24.3 Å². The predicted molar refractivity (Wildman–Crippen MR) is 82.3 cm³/mol. The average Bonchev–Trinajstić information content (AvgIpc) is 3.24. The molecule has 24 heavy (non-hydrogen) atoms. The zero-order chi connectivity index (χ0) is 16.5. The number of halogens is 1. The summed E-state index contributed by atoms with van der Waals surface area (Å²) in [6.45, 7) is 0. The van der Waals surface area contributed by atoms with Crippen LogP contribution in [0.25, 0.3) is 11.5 Å². The second-order valence-electron chi connectivity index (χ2n) is 4.91. The maximum Gasteiger partial charge on any atom is 0.275 e. The van der Waals surface area contributed by atoms with Crippen molar-refractivity contribution in [1.82, 2.24) is 29.1 Å². The van der Waals surface area contributed by atoms with Crippen molar-refractivity contribution < 1.29 is 9.18 Å². The lowest BCUT2D eigenvalue weighted by atomic mass is 10.2. The van der Waals surface area contributed by atoms with Crippen LogP contribution in [0.1, 0.15) is 10.5 Å². The summed E-state index contributed by atoms with van der Waals surface area (Å²) in [5.41, 5.74) is 0.739. The van der Waals surface area contributed by atoms with Gasteiger partial charge < -0.3 is 5.32 Å². The van der Waals surface area contributed by atoms with Crippen molar-refractivity contribution in [2.75, 3.05) is 5.32 Å². The maximum atomic E-state index is 14.2. The fraction of sp³-hybridized carbons (Fsp3) is 0. The number of fused-ring (bicyclic) bond motifs is 1. The molecule has 3 aromatic heterocycles. The molecule has 1 amide bonds. The Hall–Kier alpha value is -3.62. The van der Waals surface area contributed by atoms with Gasteiger partial charge in [0.1, 0.15) is 24.0 Å². The second-order valence-corrected chi connectivity index (χ2v) is 4.91. The van der Waals surface area contributed by atoms with E-state index >= 15 is 0 Å². The molecule has 0 aliphatic heterocycles. The summed E-state index contributed by atoms with van der Waals surface area (Å²) < 4.78 is 17.1. The molecule has 0 saturated heterocycles. The van der Waals surface area contributed by atoms with E-state index in [0.29, 0.717) is 11.5 Å². The molecule has 118 valence electrons. The SMILES string of the molecule is O=C(Nc1ccc(-n2cncn2)c(F)c1)c1cn2cccnc2n1. The standard InChI is InChI=1S/C15H10FN7O/c16-11-6-10(2-3-13(11)23-9-17-8-19-23)20-14(24)12-7-22-5-1-4-18-15(22)21-12/h1-9H,(H,20,24). The molecule has 0 atom stereocenters. The minimum absolute atomic E-state index is 0.189. The minimum atomic E-state index is -0.532. The van der Waals surface area contributed by atoms with E-state index in [9.17, 15) is 9.18 Å². The molecule has 1 aromatic carbocycles. The normalized spacial score (nSPS) is 10.9. The van der Waals surface area contributed by atoms with Crippen LogP contribution in [-0.2, 0) is 0 Å². The summed E-state index contributed by atoms with van der Waals surface area (Å²) in [5.74, 6) is -0.571. The predicted octanol–water partition coefficient (Wildman–Crippen LogP) is 1.70. The first-order valence-corrected chi connectivity index (χ1v) is 6.96. The monoisotopic (exact) mass is 323 g/mol. The molecule has 0 unspecified atom stereocenters. The molecule has 1 N–H and O–H groups in total. The maximum absolute atomic E-state index is 14.2. The third-order valence-corrected chi connectivity index (χ3v) is 3.34. The molecular weight excluding hydrogens is 313 g/mol. The first-order valence-electron chi connectivity index (χ1n) is 6.96. The van der Waals surface area contributed by atoms with E-state index in [1.807, 2.05) is 0 Å². The Labute approximate surface area is 134 Å². The van der Waals surface area contributed by atoms with Crippen molar-refractivity contribution in [2.45, 2.75) is 0 Å². The number of carbonyl (C=O) groups is 1. The van der Waals surface area contributed by atoms with Gasteiger partial charge in [0.05, 0.1) is 0 Å². The summed E-state index contributed by atoms with van der Waals surface area (Å²) in [7, 11) is 0. The Morgan fingerprint density at radius 1 is 1.29 bits per heavy atom. The van der Waals surface area contributed by atoms with Gasteiger partial charge >= 0.3 is 0 Å². The van der Waals surface area contributed by atoms with Gasteiger partial charge in [-0.15, -0.1) is 0 Å². The van der Waals surface area contributed by atoms with Crippen molar-refractivity contribution in [3.63, 3.8) is 0 Å². The van der Waals surface area contributed by atoms with E-state index in [0.717, 1.165) is 0 Å². The minimum Gasteiger partial charge on any atom is -0.320 e. The summed E-state index contributed by atoms with van der Waals surface area (Å²) in [6, 6.07) is 6.02. The number of benzene rings is 1. The van der Waals surface area contributed by atoms with Gasteiger partial charge in [-0.3, -0.25) is 9.20 Å². The molecule has 4 rings (SSSR count). The molecule has 0 radical (unpaired) electrons. The molecule has 0 aliphatic carbocycles. The summed E-state index contributed by atoms with van der Waals surface area (Å²) in [5, 5.41) is 6.47. The largest absolute Gasteiger partial charge is 0.320 e. The topological polar surface area (TPSA) is 90.0 Å². The zero-order valence-corrected chi connectivity index (χ0v) is 12.2. The van der Waals surface area contributed by atoms with Gasteiger partial charge in [-0.05, 0) is 24.3 Å². The van der Waals surface area contributed by atoms with E-state index in [1.54, 1.807) is 35.1 Å². The highest BCUT2D eigenvalue weighted by atomic mass is 19.1. The Bertz CT molecular complexity index is 992. The third kappa shape index (κ3) is 2.47. The Balaban J connectivity index is 1.58. The van der Waals surface area contributed by atoms with Gasteiger partial charge in [0.2, 0.25) is 5.78 Å². The number of anilines is 1. The van der Waals surface area contributed by atoms with Gasteiger partial charge in [-0.2, -0.15) is 5.10 Å². The lowest BCUT2D eigenvalue weighted by Gasteiger charge is -2.06. The Morgan fingerprint density at radius 2 is 2.21 bits per heavy atom. The smallest absolute Gasteiger partial charge is 0.275 e. The fourth-order valence-corrected chi connectivity index (χ4v) is 2.24. The lowest BCUT2D eigenvalue weighted by Crippen LogP contribution is -2.12. The van der Waals surface area contributed by atoms with Crippen LogP contribution in [-0.4, -0.2) is 35.0 Å². The number of hydrogen-bond donors (Lipinski definition) is 1. The third-order valence-electron chi connectivity index (χ3n) is 3.34. The van der Waals surface area contributed by atoms with Crippen molar-refractivity contribution in [3.8, 4) is 5.69 Å². The highest BCUT2D eigenvalue weighted by Crippen LogP contribution is 2.18. The Kier molecular flexibility index (Phi) is 3.23. The molecule has 3 heterocycles. The Morgan fingerprint density at radius 3 is 2.96 bits per heavy atom. The van der Waals surface area contributed by atoms with Crippen molar-refractivity contribution >= 4 is 17.4 Å². The quantitative estimate of drug-likeness (QED) is 0.620. The van der Waals surface area contributed by atoms with Crippen LogP contribution in [0.15, 0.2) is 55.5 Å². The molecule has 9 heteroatoms. The summed E-state index contributed by atoms with van der Waals surface area (Å²) >= 11 is 0. The van der Waals surface area contributed by atoms with Gasteiger partial charge in [0.15, 0.2) is 5.82 Å². The number of rotatable bonds is 3. The molecule has 0 spiro atoms. The number of nitrogens with zero attached hydrogens (tertiary/aromatic N) is 6. The van der Waals surface area contributed by atoms with Crippen molar-refractivity contribution in [2.24, 2.45) is 0 Å². The molecule has 4 aromatic rings. The van der Waals surface area contributed by atoms with E-state index in [4.69, 9.17) is 0 Å². The molecule has 0 saturated carbocycles. The molecule has 0 bridgehead atoms. The number of hydrogen-bond acceptors (Lipinski definition) is 5. The van der Waals surface area contributed by atoms with Crippen molar-refractivity contribution in [3.05, 3.63) is 67.0 Å². The van der Waals surface area contributed by atoms with Crippen LogP contribution in [0.5, 0.6) is 0 Å². The van der Waals surface area contributed by atoms with E-state index < -0.39 is 11.7 Å². The highest BCUT2D eigenvalue weighted by Gasteiger charge is 2.13. The van der Waals surface area contributed by atoms with Gasteiger partial charge in [0.25, 0.3) is 5.91 Å². The number of carbonyl (C=O) groups excluding carboxylic acids is 1. The average molecular weight is 323 g/mol. The van der Waals surface area contributed by atoms with E-state index in [-0.39, 0.29) is 11.4 Å². The fourth-order valence-electron chi connectivity index (χ4n) is 2.24. The molecular formula is C15H10FN7O. The van der Waals surface area contributed by atoms with Gasteiger partial charge in [-0.25, -0.2) is 24.0 Å². The van der Waals surface area contributed by atoms with Crippen LogP contribution in [0.4, 0.5) is 10.1 Å². The van der Waals surface area contributed by atoms with Crippen molar-refractivity contribution in [1.29, 1.82) is 0 Å². The molecule has 0 fully saturated rings.